The largest absolute Gasteiger partial charge is 0.368 e. The maximum atomic E-state index is 12.8. The molecule has 3 unspecified atom stereocenters. The zero-order valence-corrected chi connectivity index (χ0v) is 19.8. The van der Waals surface area contributed by atoms with Crippen LogP contribution in [0, 0.1) is 17.2 Å². The SMILES string of the molecule is CC(C)(C)S(=O)(=O)c1ccc(NC2NN(C3(CC#N)CCCC3)C3CCNC(=O)C23)cc1. The molecule has 1 saturated carbocycles. The van der Waals surface area contributed by atoms with Crippen LogP contribution < -0.4 is 16.1 Å². The Morgan fingerprint density at radius 2 is 1.88 bits per heavy atom. The van der Waals surface area contributed by atoms with Gasteiger partial charge in [-0.15, -0.1) is 0 Å². The number of nitriles is 1. The van der Waals surface area contributed by atoms with Gasteiger partial charge >= 0.3 is 0 Å². The molecule has 2 heterocycles. The molecule has 0 spiro atoms. The van der Waals surface area contributed by atoms with Crippen molar-refractivity contribution in [3.05, 3.63) is 24.3 Å². The molecule has 2 aliphatic heterocycles. The minimum absolute atomic E-state index is 0.00536. The van der Waals surface area contributed by atoms with Crippen LogP contribution in [0.5, 0.6) is 0 Å². The third-order valence-corrected chi connectivity index (χ3v) is 9.68. The number of nitrogens with one attached hydrogen (secondary N) is 3. The Hall–Kier alpha value is -2.15. The number of benzene rings is 1. The van der Waals surface area contributed by atoms with Gasteiger partial charge in [0.1, 0.15) is 6.17 Å². The van der Waals surface area contributed by atoms with Crippen molar-refractivity contribution >= 4 is 21.4 Å². The van der Waals surface area contributed by atoms with Crippen LogP contribution >= 0.6 is 0 Å². The number of sulfone groups is 1. The van der Waals surface area contributed by atoms with Gasteiger partial charge in [0.25, 0.3) is 0 Å². The van der Waals surface area contributed by atoms with Gasteiger partial charge in [0.2, 0.25) is 5.91 Å². The lowest BCUT2D eigenvalue weighted by molar-refractivity contribution is -0.128. The number of amides is 1. The van der Waals surface area contributed by atoms with Gasteiger partial charge in [-0.3, -0.25) is 4.79 Å². The monoisotopic (exact) mass is 459 g/mol. The van der Waals surface area contributed by atoms with E-state index in [1.165, 1.54) is 0 Å². The number of nitrogens with zero attached hydrogens (tertiary/aromatic N) is 2. The van der Waals surface area contributed by atoms with Gasteiger partial charge in [-0.2, -0.15) is 5.26 Å². The van der Waals surface area contributed by atoms with Crippen molar-refractivity contribution in [2.24, 2.45) is 5.92 Å². The molecule has 3 aliphatic rings. The third-order valence-electron chi connectivity index (χ3n) is 7.17. The summed E-state index contributed by atoms with van der Waals surface area (Å²) in [6.45, 7) is 5.70. The first kappa shape index (κ1) is 23.0. The fraction of sp³-hybridized carbons (Fsp3) is 0.652. The summed E-state index contributed by atoms with van der Waals surface area (Å²) in [5.74, 6) is -0.288. The average molecular weight is 460 g/mol. The number of anilines is 1. The fourth-order valence-electron chi connectivity index (χ4n) is 5.36. The van der Waals surface area contributed by atoms with E-state index in [0.717, 1.165) is 37.8 Å². The van der Waals surface area contributed by atoms with Crippen LogP contribution in [0.15, 0.2) is 29.2 Å². The number of carbonyl (C=O) groups is 1. The van der Waals surface area contributed by atoms with Crippen LogP contribution in [0.25, 0.3) is 0 Å². The summed E-state index contributed by atoms with van der Waals surface area (Å²) in [6, 6.07) is 9.12. The van der Waals surface area contributed by atoms with Gasteiger partial charge in [-0.25, -0.2) is 18.9 Å². The molecular weight excluding hydrogens is 426 g/mol. The molecule has 32 heavy (non-hydrogen) atoms. The second-order valence-electron chi connectivity index (χ2n) is 10.2. The molecule has 1 aliphatic carbocycles. The standard InChI is InChI=1S/C23H33N5O3S/c1-22(2,3)32(30,31)17-8-6-16(7-9-17)26-20-19-18(10-15-25-21(19)29)28(27-20)23(13-14-24)11-4-5-12-23/h6-9,18-20,26-27H,4-5,10-13,15H2,1-3H3,(H,25,29). The highest BCUT2D eigenvalue weighted by atomic mass is 32.2. The summed E-state index contributed by atoms with van der Waals surface area (Å²) < 4.78 is 24.5. The second kappa shape index (κ2) is 8.32. The van der Waals surface area contributed by atoms with Gasteiger partial charge < -0.3 is 10.6 Å². The van der Waals surface area contributed by atoms with Crippen molar-refractivity contribution in [1.82, 2.24) is 15.8 Å². The minimum atomic E-state index is -3.43. The maximum Gasteiger partial charge on any atom is 0.228 e. The molecule has 1 aromatic rings. The molecule has 3 N–H and O–H groups in total. The van der Waals surface area contributed by atoms with E-state index in [1.54, 1.807) is 45.0 Å². The first-order valence-corrected chi connectivity index (χ1v) is 12.9. The summed E-state index contributed by atoms with van der Waals surface area (Å²) in [7, 11) is -3.43. The van der Waals surface area contributed by atoms with Gasteiger partial charge in [0, 0.05) is 23.8 Å². The first-order valence-electron chi connectivity index (χ1n) is 11.4. The predicted molar refractivity (Wildman–Crippen MR) is 122 cm³/mol. The summed E-state index contributed by atoms with van der Waals surface area (Å²) >= 11 is 0. The summed E-state index contributed by atoms with van der Waals surface area (Å²) in [5.41, 5.74) is 4.05. The average Bonchev–Trinajstić information content (AvgIpc) is 3.34. The Bertz CT molecular complexity index is 1000. The van der Waals surface area contributed by atoms with Crippen molar-refractivity contribution in [3.63, 3.8) is 0 Å². The van der Waals surface area contributed by atoms with E-state index in [0.29, 0.717) is 13.0 Å². The van der Waals surface area contributed by atoms with E-state index in [1.807, 2.05) is 0 Å². The van der Waals surface area contributed by atoms with Crippen molar-refractivity contribution in [2.75, 3.05) is 11.9 Å². The zero-order chi connectivity index (χ0) is 23.1. The van der Waals surface area contributed by atoms with E-state index >= 15 is 0 Å². The molecule has 0 aromatic heterocycles. The molecular formula is C23H33N5O3S. The molecule has 9 heteroatoms. The van der Waals surface area contributed by atoms with Gasteiger partial charge in [-0.05, 0) is 64.3 Å². The zero-order valence-electron chi connectivity index (χ0n) is 19.0. The third kappa shape index (κ3) is 3.89. The highest BCUT2D eigenvalue weighted by Gasteiger charge is 2.54. The number of piperidine rings is 1. The van der Waals surface area contributed by atoms with E-state index in [9.17, 15) is 18.5 Å². The Labute approximate surface area is 190 Å². The van der Waals surface area contributed by atoms with Gasteiger partial charge in [-0.1, -0.05) is 12.8 Å². The molecule has 3 fully saturated rings. The van der Waals surface area contributed by atoms with E-state index < -0.39 is 14.6 Å². The van der Waals surface area contributed by atoms with E-state index in [-0.39, 0.29) is 34.5 Å². The highest BCUT2D eigenvalue weighted by molar-refractivity contribution is 7.92. The topological polar surface area (TPSA) is 114 Å². The molecule has 0 radical (unpaired) electrons. The smallest absolute Gasteiger partial charge is 0.228 e. The van der Waals surface area contributed by atoms with E-state index in [2.05, 4.69) is 27.1 Å². The number of carbonyl (C=O) groups excluding carboxylic acids is 1. The second-order valence-corrected chi connectivity index (χ2v) is 12.9. The normalized spacial score (nSPS) is 28.1. The Morgan fingerprint density at radius 3 is 2.47 bits per heavy atom. The molecule has 8 nitrogen and oxygen atoms in total. The summed E-state index contributed by atoms with van der Waals surface area (Å²) in [6.07, 6.45) is 5.02. The van der Waals surface area contributed by atoms with Crippen LogP contribution in [0.4, 0.5) is 5.69 Å². The molecule has 2 saturated heterocycles. The molecule has 0 bridgehead atoms. The number of hydrogen-bond donors (Lipinski definition) is 3. The lowest BCUT2D eigenvalue weighted by atomic mass is 9.86. The minimum Gasteiger partial charge on any atom is -0.368 e. The van der Waals surface area contributed by atoms with Gasteiger partial charge in [0.05, 0.1) is 28.1 Å². The lowest BCUT2D eigenvalue weighted by Crippen LogP contribution is -2.57. The van der Waals surface area contributed by atoms with Gasteiger partial charge in [0.15, 0.2) is 9.84 Å². The predicted octanol–water partition coefficient (Wildman–Crippen LogP) is 2.55. The number of hydrazine groups is 1. The lowest BCUT2D eigenvalue weighted by Gasteiger charge is -2.42. The maximum absolute atomic E-state index is 12.8. The fourth-order valence-corrected chi connectivity index (χ4v) is 6.56. The molecule has 3 atom stereocenters. The molecule has 174 valence electrons. The van der Waals surface area contributed by atoms with Crippen molar-refractivity contribution in [3.8, 4) is 6.07 Å². The summed E-state index contributed by atoms with van der Waals surface area (Å²) in [5, 5.41) is 18.1. The molecule has 4 rings (SSSR count). The van der Waals surface area contributed by atoms with Crippen LogP contribution in [0.3, 0.4) is 0 Å². The summed E-state index contributed by atoms with van der Waals surface area (Å²) in [4.78, 5) is 13.1. The first-order chi connectivity index (χ1) is 15.1. The van der Waals surface area contributed by atoms with Crippen LogP contribution in [0.1, 0.15) is 59.3 Å². The van der Waals surface area contributed by atoms with Crippen molar-refractivity contribution in [1.29, 1.82) is 5.26 Å². The number of fused-ring (bicyclic) bond motifs is 1. The quantitative estimate of drug-likeness (QED) is 0.620. The Balaban J connectivity index is 1.58. The van der Waals surface area contributed by atoms with Crippen LogP contribution in [-0.4, -0.2) is 48.4 Å². The van der Waals surface area contributed by atoms with Crippen LogP contribution in [0.2, 0.25) is 0 Å². The highest BCUT2D eigenvalue weighted by Crippen LogP contribution is 2.43. The van der Waals surface area contributed by atoms with Crippen molar-refractivity contribution < 1.29 is 13.2 Å². The number of hydrogen-bond acceptors (Lipinski definition) is 7. The Morgan fingerprint density at radius 1 is 1.22 bits per heavy atom. The van der Waals surface area contributed by atoms with E-state index in [4.69, 9.17) is 0 Å². The van der Waals surface area contributed by atoms with Crippen LogP contribution in [-0.2, 0) is 14.6 Å². The number of rotatable bonds is 5. The molecule has 1 aromatic carbocycles. The molecule has 1 amide bonds. The van der Waals surface area contributed by atoms with Crippen molar-refractivity contribution in [2.45, 2.75) is 86.7 Å². The Kier molecular flexibility index (Phi) is 5.99.